The Bertz CT molecular complexity index is 455. The predicted octanol–water partition coefficient (Wildman–Crippen LogP) is 13.7. The van der Waals surface area contributed by atoms with Crippen LogP contribution in [0.15, 0.2) is 6.58 Å². The van der Waals surface area contributed by atoms with Gasteiger partial charge in [-0.3, -0.25) is 0 Å². The summed E-state index contributed by atoms with van der Waals surface area (Å²) in [4.78, 5) is 8.57. The molecule has 0 aromatic carbocycles. The van der Waals surface area contributed by atoms with Crippen molar-refractivity contribution in [2.45, 2.75) is 215 Å². The maximum atomic E-state index is 8.57. The van der Waals surface area contributed by atoms with Gasteiger partial charge in [-0.15, -0.1) is 0 Å². The molecule has 0 radical (unpaired) electrons. The first kappa shape index (κ1) is 72.8. The van der Waals surface area contributed by atoms with E-state index in [0.29, 0.717) is 24.4 Å². The predicted molar refractivity (Wildman–Crippen MR) is 223 cm³/mol. The second-order valence-corrected chi connectivity index (χ2v) is 11.5. The third-order valence-corrected chi connectivity index (χ3v) is 6.09. The fourth-order valence-corrected chi connectivity index (χ4v) is 4.36. The molecule has 4 aliphatic rings. The lowest BCUT2D eigenvalue weighted by Crippen LogP contribution is -2.27. The molecule has 0 spiro atoms. The molecule has 0 amide bonds. The van der Waals surface area contributed by atoms with Gasteiger partial charge in [0.05, 0.1) is 38.6 Å². The van der Waals surface area contributed by atoms with E-state index in [4.69, 9.17) is 23.7 Å². The summed E-state index contributed by atoms with van der Waals surface area (Å²) < 4.78 is 26.6. The summed E-state index contributed by atoms with van der Waals surface area (Å²) >= 11 is 0. The minimum atomic E-state index is 0. The van der Waals surface area contributed by atoms with Crippen molar-refractivity contribution < 1.29 is 28.5 Å². The average Bonchev–Trinajstić information content (AvgIpc) is 3.87. The molecule has 2 aliphatic carbocycles. The molecule has 6 nitrogen and oxygen atoms in total. The van der Waals surface area contributed by atoms with Gasteiger partial charge in [-0.1, -0.05) is 133 Å². The number of methoxy groups -OCH3 is 1. The minimum Gasteiger partial charge on any atom is -0.388 e. The molecule has 4 fully saturated rings. The first-order chi connectivity index (χ1) is 19.8. The van der Waals surface area contributed by atoms with E-state index >= 15 is 0 Å². The van der Waals surface area contributed by atoms with E-state index in [0.717, 1.165) is 38.3 Å². The highest BCUT2D eigenvalue weighted by Crippen LogP contribution is 2.37. The molecule has 2 heterocycles. The molecule has 2 saturated heterocycles. The Balaban J connectivity index is -0.0000000621. The normalized spacial score (nSPS) is 22.8. The number of carbonyl (C=O) groups excluding carboxylic acids is 1. The Labute approximate surface area is 308 Å². The Morgan fingerprint density at radius 2 is 0.729 bits per heavy atom. The van der Waals surface area contributed by atoms with Crippen molar-refractivity contribution in [3.8, 4) is 0 Å². The third kappa shape index (κ3) is 57.5. The molecule has 0 aromatic rings. The van der Waals surface area contributed by atoms with Crippen LogP contribution in [-0.2, 0) is 28.5 Å². The molecule has 0 aromatic heterocycles. The van der Waals surface area contributed by atoms with Gasteiger partial charge in [-0.25, -0.2) is 4.79 Å². The zero-order chi connectivity index (χ0) is 31.7. The monoisotopic (exact) mass is 701 g/mol. The van der Waals surface area contributed by atoms with Crippen LogP contribution >= 0.6 is 0 Å². The number of hydrogen-bond acceptors (Lipinski definition) is 6. The summed E-state index contributed by atoms with van der Waals surface area (Å²) in [5.41, 5.74) is 0. The third-order valence-electron chi connectivity index (χ3n) is 6.09. The molecule has 0 bridgehead atoms. The van der Waals surface area contributed by atoms with Crippen LogP contribution in [0.1, 0.15) is 191 Å². The van der Waals surface area contributed by atoms with E-state index in [9.17, 15) is 0 Å². The quantitative estimate of drug-likeness (QED) is 0.185. The summed E-state index contributed by atoms with van der Waals surface area (Å²) in [6.07, 6.45) is 18.8. The molecule has 4 rings (SSSR count). The van der Waals surface area contributed by atoms with Crippen molar-refractivity contribution in [2.75, 3.05) is 40.6 Å². The molecular formula is C42H100O6. The topological polar surface area (TPSA) is 69.8 Å². The van der Waals surface area contributed by atoms with Crippen LogP contribution in [0, 0.1) is 11.8 Å². The molecule has 2 saturated carbocycles. The van der Waals surface area contributed by atoms with E-state index in [1.54, 1.807) is 14.2 Å². The Morgan fingerprint density at radius 3 is 0.896 bits per heavy atom. The van der Waals surface area contributed by atoms with Crippen LogP contribution in [0.3, 0.4) is 0 Å². The molecule has 2 atom stereocenters. The van der Waals surface area contributed by atoms with Gasteiger partial charge in [0.1, 0.15) is 18.1 Å². The van der Waals surface area contributed by atoms with Crippen molar-refractivity contribution in [3.63, 3.8) is 0 Å². The van der Waals surface area contributed by atoms with Crippen LogP contribution in [0.4, 0.5) is 0 Å². The number of epoxide rings is 2. The standard InChI is InChI=1S/C19H32O4.4C3H8.C2H6O.C2H2O.7CH4/c1-5-16(20-10-18-12-22-18)6-2-14(1)9-15-3-7-17(8-4-15)21-11-19-13-23-19;5*1-3-2;1-2-3;;;;;;;/h14-19H,1-13H2;4*3H2,1-2H3;1-2H3;1H2;7*1H4. The highest BCUT2D eigenvalue weighted by molar-refractivity contribution is 5.38. The van der Waals surface area contributed by atoms with Crippen LogP contribution in [0.2, 0.25) is 0 Å². The van der Waals surface area contributed by atoms with Crippen molar-refractivity contribution in [3.05, 3.63) is 6.58 Å². The van der Waals surface area contributed by atoms with Gasteiger partial charge in [0.15, 0.2) is 0 Å². The van der Waals surface area contributed by atoms with Gasteiger partial charge in [0, 0.05) is 14.2 Å². The smallest absolute Gasteiger partial charge is 0.116 e. The summed E-state index contributed by atoms with van der Waals surface area (Å²) in [7, 11) is 3.25. The SMILES string of the molecule is C.C.C.C.C.C.C.C1CC(OCC2CO2)CCC1CC1CCC(OCC2CO2)CC1.C=C=O.CCC.CCC.CCC.CCC.COC. The molecule has 2 aliphatic heterocycles. The van der Waals surface area contributed by atoms with Gasteiger partial charge in [-0.05, 0) is 76.2 Å². The summed E-state index contributed by atoms with van der Waals surface area (Å²) in [5.74, 6) is 3.13. The van der Waals surface area contributed by atoms with Crippen molar-refractivity contribution in [1.82, 2.24) is 0 Å². The maximum absolute atomic E-state index is 8.57. The number of ether oxygens (including phenoxy) is 5. The average molecular weight is 701 g/mol. The lowest BCUT2D eigenvalue weighted by atomic mass is 9.76. The number of rotatable bonds is 8. The van der Waals surface area contributed by atoms with Gasteiger partial charge < -0.3 is 23.7 Å². The van der Waals surface area contributed by atoms with Crippen LogP contribution < -0.4 is 0 Å². The lowest BCUT2D eigenvalue weighted by molar-refractivity contribution is -0.00203. The van der Waals surface area contributed by atoms with Gasteiger partial charge in [-0.2, -0.15) is 0 Å². The fraction of sp³-hybridized carbons (Fsp3) is 0.952. The zero-order valence-corrected chi connectivity index (χ0v) is 29.1. The second kappa shape index (κ2) is 58.5. The van der Waals surface area contributed by atoms with Crippen LogP contribution in [0.5, 0.6) is 0 Å². The van der Waals surface area contributed by atoms with E-state index in [2.05, 4.69) is 66.7 Å². The van der Waals surface area contributed by atoms with Crippen molar-refractivity contribution in [1.29, 1.82) is 0 Å². The summed E-state index contributed by atoms with van der Waals surface area (Å²) in [5, 5.41) is 0. The van der Waals surface area contributed by atoms with Crippen LogP contribution in [-0.4, -0.2) is 71.0 Å². The first-order valence-corrected chi connectivity index (χ1v) is 16.8. The molecule has 2 unspecified atom stereocenters. The lowest BCUT2D eigenvalue weighted by Gasteiger charge is -2.34. The molecule has 304 valence electrons. The Morgan fingerprint density at radius 1 is 0.542 bits per heavy atom. The molecule has 48 heavy (non-hydrogen) atoms. The fourth-order valence-electron chi connectivity index (χ4n) is 4.36. The Kier molecular flexibility index (Phi) is 88.7. The van der Waals surface area contributed by atoms with Crippen molar-refractivity contribution in [2.24, 2.45) is 11.8 Å². The van der Waals surface area contributed by atoms with E-state index in [1.165, 1.54) is 89.4 Å². The minimum absolute atomic E-state index is 0. The largest absolute Gasteiger partial charge is 0.388 e. The highest BCUT2D eigenvalue weighted by Gasteiger charge is 2.30. The molecular weight excluding hydrogens is 600 g/mol. The van der Waals surface area contributed by atoms with Crippen molar-refractivity contribution >= 4 is 5.94 Å². The van der Waals surface area contributed by atoms with E-state index in [-0.39, 0.29) is 52.0 Å². The Hall–Kier alpha value is -0.750. The van der Waals surface area contributed by atoms with Gasteiger partial charge >= 0.3 is 0 Å². The second-order valence-electron chi connectivity index (χ2n) is 11.5. The summed E-state index contributed by atoms with van der Waals surface area (Å²) in [6.45, 7) is 23.2. The van der Waals surface area contributed by atoms with Gasteiger partial charge in [0.25, 0.3) is 0 Å². The van der Waals surface area contributed by atoms with E-state index in [1.807, 2.05) is 0 Å². The van der Waals surface area contributed by atoms with Crippen LogP contribution in [0.25, 0.3) is 0 Å². The van der Waals surface area contributed by atoms with E-state index < -0.39 is 0 Å². The van der Waals surface area contributed by atoms with Gasteiger partial charge in [0.2, 0.25) is 0 Å². The first-order valence-electron chi connectivity index (χ1n) is 16.8. The number of hydrogen-bond donors (Lipinski definition) is 0. The molecule has 0 N–H and O–H groups in total. The molecule has 6 heteroatoms. The maximum Gasteiger partial charge on any atom is 0.116 e. The zero-order valence-electron chi connectivity index (χ0n) is 29.1. The highest BCUT2D eigenvalue weighted by atomic mass is 16.6. The summed E-state index contributed by atoms with van der Waals surface area (Å²) in [6, 6.07) is 0.